The molecule has 2 rings (SSSR count). The van der Waals surface area contributed by atoms with Gasteiger partial charge < -0.3 is 10.4 Å². The number of carbonyl (C=O) groups is 1. The van der Waals surface area contributed by atoms with Crippen LogP contribution in [0.25, 0.3) is 0 Å². The number of rotatable bonds is 3. The molecule has 0 unspecified atom stereocenters. The largest absolute Gasteiger partial charge is 0.508 e. The Morgan fingerprint density at radius 1 is 1.33 bits per heavy atom. The molecule has 0 saturated carbocycles. The number of hydrogen-bond acceptors (Lipinski definition) is 3. The zero-order valence-electron chi connectivity index (χ0n) is 10.8. The van der Waals surface area contributed by atoms with Crippen molar-refractivity contribution in [2.75, 3.05) is 18.4 Å². The van der Waals surface area contributed by atoms with Crippen LogP contribution in [-0.2, 0) is 11.3 Å². The van der Waals surface area contributed by atoms with Gasteiger partial charge in [0.2, 0.25) is 5.91 Å². The fourth-order valence-electron chi connectivity index (χ4n) is 2.34. The molecule has 18 heavy (non-hydrogen) atoms. The molecule has 0 radical (unpaired) electrons. The SMILES string of the molecule is CC(=O)Nc1ccc(CN2CCCCC2)c(O)c1. The number of nitrogens with one attached hydrogen (secondary N) is 1. The number of carbonyl (C=O) groups excluding carboxylic acids is 1. The summed E-state index contributed by atoms with van der Waals surface area (Å²) in [5.41, 5.74) is 1.56. The predicted molar refractivity (Wildman–Crippen MR) is 71.5 cm³/mol. The van der Waals surface area contributed by atoms with Crippen molar-refractivity contribution in [2.45, 2.75) is 32.7 Å². The molecule has 4 nitrogen and oxygen atoms in total. The minimum absolute atomic E-state index is 0.127. The van der Waals surface area contributed by atoms with Gasteiger partial charge in [0.25, 0.3) is 0 Å². The number of amides is 1. The molecule has 1 aromatic rings. The molecule has 98 valence electrons. The van der Waals surface area contributed by atoms with E-state index in [9.17, 15) is 9.90 Å². The first-order valence-corrected chi connectivity index (χ1v) is 6.47. The number of hydrogen-bond donors (Lipinski definition) is 2. The van der Waals surface area contributed by atoms with E-state index in [1.165, 1.54) is 26.2 Å². The smallest absolute Gasteiger partial charge is 0.221 e. The summed E-state index contributed by atoms with van der Waals surface area (Å²) in [6.07, 6.45) is 3.79. The Balaban J connectivity index is 2.02. The summed E-state index contributed by atoms with van der Waals surface area (Å²) >= 11 is 0. The van der Waals surface area contributed by atoms with Crippen molar-refractivity contribution in [1.82, 2.24) is 4.90 Å². The summed E-state index contributed by atoms with van der Waals surface area (Å²) in [7, 11) is 0. The molecular formula is C14H20N2O2. The van der Waals surface area contributed by atoms with Crippen LogP contribution < -0.4 is 5.32 Å². The average molecular weight is 248 g/mol. The number of phenols is 1. The van der Waals surface area contributed by atoms with Crippen molar-refractivity contribution in [3.63, 3.8) is 0 Å². The maximum absolute atomic E-state index is 10.9. The highest BCUT2D eigenvalue weighted by atomic mass is 16.3. The molecule has 1 aliphatic heterocycles. The fraction of sp³-hybridized carbons (Fsp3) is 0.500. The van der Waals surface area contributed by atoms with Crippen LogP contribution in [0.4, 0.5) is 5.69 Å². The first-order valence-electron chi connectivity index (χ1n) is 6.47. The molecule has 1 saturated heterocycles. The molecule has 1 heterocycles. The number of nitrogens with zero attached hydrogens (tertiary/aromatic N) is 1. The van der Waals surface area contributed by atoms with Gasteiger partial charge in [-0.25, -0.2) is 0 Å². The lowest BCUT2D eigenvalue weighted by Crippen LogP contribution is -2.29. The van der Waals surface area contributed by atoms with Gasteiger partial charge in [0.1, 0.15) is 5.75 Å². The molecule has 1 fully saturated rings. The third kappa shape index (κ3) is 3.47. The van der Waals surface area contributed by atoms with Gasteiger partial charge in [-0.05, 0) is 32.0 Å². The van der Waals surface area contributed by atoms with Crippen molar-refractivity contribution in [3.8, 4) is 5.75 Å². The fourth-order valence-corrected chi connectivity index (χ4v) is 2.34. The maximum Gasteiger partial charge on any atom is 0.221 e. The van der Waals surface area contributed by atoms with Gasteiger partial charge in [-0.15, -0.1) is 0 Å². The minimum Gasteiger partial charge on any atom is -0.508 e. The third-order valence-electron chi connectivity index (χ3n) is 3.25. The van der Waals surface area contributed by atoms with Gasteiger partial charge in [0.15, 0.2) is 0 Å². The predicted octanol–water partition coefficient (Wildman–Crippen LogP) is 2.34. The number of benzene rings is 1. The molecule has 0 aliphatic carbocycles. The van der Waals surface area contributed by atoms with E-state index in [4.69, 9.17) is 0 Å². The topological polar surface area (TPSA) is 52.6 Å². The van der Waals surface area contributed by atoms with Crippen molar-refractivity contribution in [1.29, 1.82) is 0 Å². The van der Waals surface area contributed by atoms with Crippen LogP contribution in [0, 0.1) is 0 Å². The van der Waals surface area contributed by atoms with Crippen LogP contribution in [0.2, 0.25) is 0 Å². The Kier molecular flexibility index (Phi) is 4.20. The lowest BCUT2D eigenvalue weighted by Gasteiger charge is -2.26. The highest BCUT2D eigenvalue weighted by molar-refractivity contribution is 5.88. The van der Waals surface area contributed by atoms with Gasteiger partial charge in [-0.2, -0.15) is 0 Å². The zero-order chi connectivity index (χ0) is 13.0. The van der Waals surface area contributed by atoms with Gasteiger partial charge in [0, 0.05) is 30.8 Å². The standard InChI is InChI=1S/C14H20N2O2/c1-11(17)15-13-6-5-12(14(18)9-13)10-16-7-3-2-4-8-16/h5-6,9,18H,2-4,7-8,10H2,1H3,(H,15,17). The van der Waals surface area contributed by atoms with Crippen LogP contribution >= 0.6 is 0 Å². The zero-order valence-corrected chi connectivity index (χ0v) is 10.8. The van der Waals surface area contributed by atoms with Crippen molar-refractivity contribution in [3.05, 3.63) is 23.8 Å². The lowest BCUT2D eigenvalue weighted by molar-refractivity contribution is -0.114. The summed E-state index contributed by atoms with van der Waals surface area (Å²) in [6.45, 7) is 4.45. The van der Waals surface area contributed by atoms with E-state index in [-0.39, 0.29) is 11.7 Å². The Morgan fingerprint density at radius 2 is 2.06 bits per heavy atom. The van der Waals surface area contributed by atoms with Gasteiger partial charge in [-0.3, -0.25) is 9.69 Å². The molecule has 0 aromatic heterocycles. The van der Waals surface area contributed by atoms with E-state index in [1.54, 1.807) is 6.07 Å². The molecule has 0 bridgehead atoms. The van der Waals surface area contributed by atoms with Crippen molar-refractivity contribution < 1.29 is 9.90 Å². The average Bonchev–Trinajstić information content (AvgIpc) is 2.33. The van der Waals surface area contributed by atoms with E-state index >= 15 is 0 Å². The molecule has 0 atom stereocenters. The molecule has 2 N–H and O–H groups in total. The van der Waals surface area contributed by atoms with Crippen molar-refractivity contribution >= 4 is 11.6 Å². The van der Waals surface area contributed by atoms with Gasteiger partial charge >= 0.3 is 0 Å². The first-order chi connectivity index (χ1) is 8.65. The number of aromatic hydroxyl groups is 1. The number of likely N-dealkylation sites (tertiary alicyclic amines) is 1. The van der Waals surface area contributed by atoms with Gasteiger partial charge in [0.05, 0.1) is 0 Å². The second-order valence-corrected chi connectivity index (χ2v) is 4.86. The quantitative estimate of drug-likeness (QED) is 0.863. The van der Waals surface area contributed by atoms with E-state index in [0.29, 0.717) is 5.69 Å². The molecule has 1 aliphatic rings. The number of anilines is 1. The normalized spacial score (nSPS) is 16.5. The van der Waals surface area contributed by atoms with Crippen LogP contribution in [0.5, 0.6) is 5.75 Å². The van der Waals surface area contributed by atoms with E-state index in [1.807, 2.05) is 12.1 Å². The minimum atomic E-state index is -0.127. The summed E-state index contributed by atoms with van der Waals surface area (Å²) in [6, 6.07) is 5.33. The van der Waals surface area contributed by atoms with E-state index in [0.717, 1.165) is 25.2 Å². The lowest BCUT2D eigenvalue weighted by atomic mass is 10.1. The second-order valence-electron chi connectivity index (χ2n) is 4.86. The monoisotopic (exact) mass is 248 g/mol. The Morgan fingerprint density at radius 3 is 2.67 bits per heavy atom. The van der Waals surface area contributed by atoms with E-state index in [2.05, 4.69) is 10.2 Å². The molecule has 1 aromatic carbocycles. The second kappa shape index (κ2) is 5.87. The Hall–Kier alpha value is -1.55. The number of piperidine rings is 1. The van der Waals surface area contributed by atoms with Crippen molar-refractivity contribution in [2.24, 2.45) is 0 Å². The molecule has 0 spiro atoms. The highest BCUT2D eigenvalue weighted by Crippen LogP contribution is 2.24. The summed E-state index contributed by atoms with van der Waals surface area (Å²) in [5.74, 6) is 0.130. The summed E-state index contributed by atoms with van der Waals surface area (Å²) < 4.78 is 0. The Bertz CT molecular complexity index is 426. The Labute approximate surface area is 108 Å². The summed E-state index contributed by atoms with van der Waals surface area (Å²) in [4.78, 5) is 13.3. The molecule has 4 heteroatoms. The van der Waals surface area contributed by atoms with Gasteiger partial charge in [-0.1, -0.05) is 12.5 Å². The summed E-state index contributed by atoms with van der Waals surface area (Å²) in [5, 5.41) is 12.6. The van der Waals surface area contributed by atoms with Crippen LogP contribution in [0.15, 0.2) is 18.2 Å². The first kappa shape index (κ1) is 12.9. The van der Waals surface area contributed by atoms with Crippen LogP contribution in [0.1, 0.15) is 31.7 Å². The number of phenolic OH excluding ortho intramolecular Hbond substituents is 1. The maximum atomic E-state index is 10.9. The van der Waals surface area contributed by atoms with Crippen LogP contribution in [0.3, 0.4) is 0 Å². The molecule has 1 amide bonds. The molecular weight excluding hydrogens is 228 g/mol. The van der Waals surface area contributed by atoms with E-state index < -0.39 is 0 Å². The van der Waals surface area contributed by atoms with Crippen LogP contribution in [-0.4, -0.2) is 29.0 Å². The highest BCUT2D eigenvalue weighted by Gasteiger charge is 2.12. The third-order valence-corrected chi connectivity index (χ3v) is 3.25.